The third kappa shape index (κ3) is 5.11. The lowest BCUT2D eigenvalue weighted by Crippen LogP contribution is -2.22. The molecule has 0 radical (unpaired) electrons. The molecule has 0 aromatic heterocycles. The van der Waals surface area contributed by atoms with Crippen LogP contribution in [0.1, 0.15) is 75.7 Å². The zero-order valence-electron chi connectivity index (χ0n) is 12.9. The summed E-state index contributed by atoms with van der Waals surface area (Å²) < 4.78 is 0. The van der Waals surface area contributed by atoms with E-state index in [1.807, 2.05) is 30.3 Å². The van der Waals surface area contributed by atoms with Crippen LogP contribution in [0.4, 0.5) is 0 Å². The minimum absolute atomic E-state index is 0.116. The molecule has 2 nitrogen and oxygen atoms in total. The van der Waals surface area contributed by atoms with Crippen molar-refractivity contribution < 1.29 is 9.59 Å². The summed E-state index contributed by atoms with van der Waals surface area (Å²) in [6.07, 6.45) is 10.1. The maximum atomic E-state index is 12.5. The fourth-order valence-corrected chi connectivity index (χ4v) is 3.14. The molecule has 2 heteroatoms. The molecule has 2 rings (SSSR count). The van der Waals surface area contributed by atoms with E-state index >= 15 is 0 Å². The van der Waals surface area contributed by atoms with Gasteiger partial charge >= 0.3 is 0 Å². The van der Waals surface area contributed by atoms with Crippen molar-refractivity contribution in [3.8, 4) is 0 Å². The Morgan fingerprint density at radius 1 is 0.619 bits per heavy atom. The summed E-state index contributed by atoms with van der Waals surface area (Å²) in [6, 6.07) is 9.59. The van der Waals surface area contributed by atoms with Crippen molar-refractivity contribution in [2.45, 2.75) is 70.1 Å². The summed E-state index contributed by atoms with van der Waals surface area (Å²) in [4.78, 5) is 25.0. The van der Waals surface area contributed by atoms with Crippen molar-refractivity contribution in [2.75, 3.05) is 0 Å². The summed E-state index contributed by atoms with van der Waals surface area (Å²) in [5, 5.41) is 0. The Morgan fingerprint density at radius 3 is 1.52 bits per heavy atom. The zero-order valence-corrected chi connectivity index (χ0v) is 12.9. The molecule has 0 saturated heterocycles. The molecular weight excluding hydrogens is 260 g/mol. The Kier molecular flexibility index (Phi) is 6.65. The van der Waals surface area contributed by atoms with E-state index in [9.17, 15) is 9.59 Å². The van der Waals surface area contributed by atoms with Crippen LogP contribution in [-0.2, 0) is 9.59 Å². The van der Waals surface area contributed by atoms with E-state index in [-0.39, 0.29) is 11.6 Å². The van der Waals surface area contributed by atoms with E-state index in [1.165, 1.54) is 25.7 Å². The maximum absolute atomic E-state index is 12.5. The van der Waals surface area contributed by atoms with Crippen LogP contribution >= 0.6 is 0 Å². The van der Waals surface area contributed by atoms with Crippen molar-refractivity contribution in [1.29, 1.82) is 0 Å². The van der Waals surface area contributed by atoms with Crippen LogP contribution < -0.4 is 0 Å². The SMILES string of the molecule is O=C1CCCCCCCCCCC(=O)C1c1ccccc1. The Labute approximate surface area is 127 Å². The molecule has 0 atom stereocenters. The first-order valence-corrected chi connectivity index (χ1v) is 8.39. The standard InChI is InChI=1S/C19H26O2/c20-17-14-10-5-3-1-2-4-6-11-15-18(21)19(17)16-12-8-7-9-13-16/h7-9,12-13,19H,1-6,10-11,14-15H2. The minimum Gasteiger partial charge on any atom is -0.299 e. The molecule has 0 aliphatic heterocycles. The molecule has 1 saturated carbocycles. The number of ketones is 2. The number of hydrogen-bond donors (Lipinski definition) is 0. The third-order valence-electron chi connectivity index (χ3n) is 4.37. The number of carbonyl (C=O) groups excluding carboxylic acids is 2. The average Bonchev–Trinajstić information content (AvgIpc) is 2.51. The maximum Gasteiger partial charge on any atom is 0.147 e. The molecular formula is C19H26O2. The van der Waals surface area contributed by atoms with Crippen molar-refractivity contribution in [3.63, 3.8) is 0 Å². The minimum atomic E-state index is -0.521. The molecule has 1 aromatic rings. The van der Waals surface area contributed by atoms with Crippen LogP contribution in [0.5, 0.6) is 0 Å². The Balaban J connectivity index is 2.11. The van der Waals surface area contributed by atoms with Crippen LogP contribution in [0.25, 0.3) is 0 Å². The topological polar surface area (TPSA) is 34.1 Å². The highest BCUT2D eigenvalue weighted by atomic mass is 16.1. The van der Waals surface area contributed by atoms with Crippen LogP contribution in [0.2, 0.25) is 0 Å². The molecule has 1 fully saturated rings. The van der Waals surface area contributed by atoms with Gasteiger partial charge in [0.1, 0.15) is 17.5 Å². The first-order valence-electron chi connectivity index (χ1n) is 8.39. The molecule has 0 unspecified atom stereocenters. The lowest BCUT2D eigenvalue weighted by molar-refractivity contribution is -0.129. The highest BCUT2D eigenvalue weighted by Crippen LogP contribution is 2.24. The zero-order chi connectivity index (χ0) is 14.9. The summed E-state index contributed by atoms with van der Waals surface area (Å²) in [5.41, 5.74) is 0.877. The molecule has 0 bridgehead atoms. The fraction of sp³-hybridized carbons (Fsp3) is 0.579. The van der Waals surface area contributed by atoms with Crippen molar-refractivity contribution in [1.82, 2.24) is 0 Å². The number of benzene rings is 1. The average molecular weight is 286 g/mol. The van der Waals surface area contributed by atoms with Gasteiger partial charge in [-0.2, -0.15) is 0 Å². The molecule has 1 aliphatic carbocycles. The second kappa shape index (κ2) is 8.76. The van der Waals surface area contributed by atoms with Gasteiger partial charge < -0.3 is 0 Å². The van der Waals surface area contributed by atoms with Crippen molar-refractivity contribution in [2.24, 2.45) is 0 Å². The van der Waals surface area contributed by atoms with Gasteiger partial charge in [-0.1, -0.05) is 68.9 Å². The lowest BCUT2D eigenvalue weighted by Gasteiger charge is -2.15. The second-order valence-electron chi connectivity index (χ2n) is 6.10. The van der Waals surface area contributed by atoms with Crippen LogP contribution in [0.15, 0.2) is 30.3 Å². The van der Waals surface area contributed by atoms with Gasteiger partial charge in [-0.15, -0.1) is 0 Å². The Bertz CT molecular complexity index is 426. The first kappa shape index (κ1) is 15.9. The predicted octanol–water partition coefficient (Wildman–Crippen LogP) is 4.82. The molecule has 21 heavy (non-hydrogen) atoms. The molecule has 0 heterocycles. The molecule has 0 N–H and O–H groups in total. The number of rotatable bonds is 1. The van der Waals surface area contributed by atoms with Crippen molar-refractivity contribution >= 4 is 11.6 Å². The predicted molar refractivity (Wildman–Crippen MR) is 85.4 cm³/mol. The van der Waals surface area contributed by atoms with Gasteiger partial charge in [-0.05, 0) is 18.4 Å². The molecule has 114 valence electrons. The van der Waals surface area contributed by atoms with E-state index in [2.05, 4.69) is 0 Å². The largest absolute Gasteiger partial charge is 0.299 e. The highest BCUT2D eigenvalue weighted by molar-refractivity contribution is 6.07. The van der Waals surface area contributed by atoms with Gasteiger partial charge in [0.15, 0.2) is 0 Å². The Morgan fingerprint density at radius 2 is 1.05 bits per heavy atom. The van der Waals surface area contributed by atoms with E-state index in [0.29, 0.717) is 12.8 Å². The smallest absolute Gasteiger partial charge is 0.147 e. The number of carbonyl (C=O) groups is 2. The van der Waals surface area contributed by atoms with Gasteiger partial charge in [0, 0.05) is 12.8 Å². The highest BCUT2D eigenvalue weighted by Gasteiger charge is 2.26. The molecule has 0 spiro atoms. The fourth-order valence-electron chi connectivity index (χ4n) is 3.14. The molecule has 1 aliphatic rings. The van der Waals surface area contributed by atoms with E-state index in [4.69, 9.17) is 0 Å². The van der Waals surface area contributed by atoms with Gasteiger partial charge in [-0.25, -0.2) is 0 Å². The summed E-state index contributed by atoms with van der Waals surface area (Å²) in [5.74, 6) is -0.289. The monoisotopic (exact) mass is 286 g/mol. The van der Waals surface area contributed by atoms with Crippen LogP contribution in [0, 0.1) is 0 Å². The van der Waals surface area contributed by atoms with E-state index in [0.717, 1.165) is 31.2 Å². The lowest BCUT2D eigenvalue weighted by atomic mass is 9.86. The molecule has 0 amide bonds. The normalized spacial score (nSPS) is 20.4. The van der Waals surface area contributed by atoms with E-state index in [1.54, 1.807) is 0 Å². The number of hydrogen-bond acceptors (Lipinski definition) is 2. The Hall–Kier alpha value is -1.44. The van der Waals surface area contributed by atoms with E-state index < -0.39 is 5.92 Å². The second-order valence-corrected chi connectivity index (χ2v) is 6.10. The summed E-state index contributed by atoms with van der Waals surface area (Å²) in [7, 11) is 0. The summed E-state index contributed by atoms with van der Waals surface area (Å²) in [6.45, 7) is 0. The van der Waals surface area contributed by atoms with Crippen LogP contribution in [-0.4, -0.2) is 11.6 Å². The van der Waals surface area contributed by atoms with Gasteiger partial charge in [-0.3, -0.25) is 9.59 Å². The quantitative estimate of drug-likeness (QED) is 0.693. The molecule has 1 aromatic carbocycles. The van der Waals surface area contributed by atoms with Gasteiger partial charge in [0.05, 0.1) is 0 Å². The van der Waals surface area contributed by atoms with Crippen molar-refractivity contribution in [3.05, 3.63) is 35.9 Å². The van der Waals surface area contributed by atoms with Gasteiger partial charge in [0.25, 0.3) is 0 Å². The summed E-state index contributed by atoms with van der Waals surface area (Å²) >= 11 is 0. The first-order chi connectivity index (χ1) is 10.3. The van der Waals surface area contributed by atoms with Gasteiger partial charge in [0.2, 0.25) is 0 Å². The number of Topliss-reactive ketones (excluding diaryl/α,β-unsaturated/α-hetero) is 2. The van der Waals surface area contributed by atoms with Crippen LogP contribution in [0.3, 0.4) is 0 Å². The third-order valence-corrected chi connectivity index (χ3v) is 4.37.